The summed E-state index contributed by atoms with van der Waals surface area (Å²) < 4.78 is 45.9. The Morgan fingerprint density at radius 1 is 1.21 bits per heavy atom. The van der Waals surface area contributed by atoms with Crippen molar-refractivity contribution in [1.82, 2.24) is 10.6 Å². The molecule has 0 saturated carbocycles. The molecule has 2 heterocycles. The summed E-state index contributed by atoms with van der Waals surface area (Å²) in [5.74, 6) is -4.77. The van der Waals surface area contributed by atoms with E-state index in [9.17, 15) is 38.0 Å². The molecule has 1 fully saturated rings. The normalized spacial score (nSPS) is 24.9. The van der Waals surface area contributed by atoms with Gasteiger partial charge >= 0.3 is 18.1 Å². The summed E-state index contributed by atoms with van der Waals surface area (Å²) in [7, 11) is 0. The maximum atomic E-state index is 13.7. The number of nitrogens with zero attached hydrogens (tertiary/aromatic N) is 1. The number of Topliss-reactive ketones (excluding diaryl/α,β-unsaturated/α-hetero) is 1. The van der Waals surface area contributed by atoms with Crippen LogP contribution in [0.4, 0.5) is 23.8 Å². The number of halogens is 3. The zero-order chi connectivity index (χ0) is 20.7. The Morgan fingerprint density at radius 3 is 2.39 bits per heavy atom. The van der Waals surface area contributed by atoms with Crippen LogP contribution in [0.5, 0.6) is 0 Å². The molecular formula is C16H12F3N3O6. The standard InChI is InChI=1S/C16H12F3N3O6/c17-16(18,19)15(25)11(13(23)8-4-2-1-3-5-8)12(20-14(24)21-15)9-6-7-10(28-9)22(26)27/h1-7,11-12,25H,(H2,20,21,24)/t11-,12+,15+/m1/s1. The quantitative estimate of drug-likeness (QED) is 0.410. The molecule has 3 rings (SSSR count). The first-order chi connectivity index (χ1) is 13.0. The molecule has 3 atom stereocenters. The van der Waals surface area contributed by atoms with Gasteiger partial charge in [0.15, 0.2) is 5.78 Å². The van der Waals surface area contributed by atoms with Crippen molar-refractivity contribution in [1.29, 1.82) is 0 Å². The van der Waals surface area contributed by atoms with Gasteiger partial charge in [-0.05, 0) is 6.07 Å². The Hall–Kier alpha value is -3.41. The van der Waals surface area contributed by atoms with Crippen molar-refractivity contribution in [3.05, 3.63) is 63.9 Å². The van der Waals surface area contributed by atoms with Gasteiger partial charge in [-0.3, -0.25) is 14.9 Å². The molecule has 2 amide bonds. The number of alkyl halides is 3. The molecule has 2 aromatic rings. The molecular weight excluding hydrogens is 387 g/mol. The highest BCUT2D eigenvalue weighted by Gasteiger charge is 2.67. The number of carbonyl (C=O) groups excluding carboxylic acids is 2. The number of hydrogen-bond acceptors (Lipinski definition) is 6. The fraction of sp³-hybridized carbons (Fsp3) is 0.250. The van der Waals surface area contributed by atoms with E-state index in [0.29, 0.717) is 0 Å². The fourth-order valence-electron chi connectivity index (χ4n) is 2.97. The molecule has 1 saturated heterocycles. The number of rotatable bonds is 4. The summed E-state index contributed by atoms with van der Waals surface area (Å²) in [5, 5.41) is 24.5. The summed E-state index contributed by atoms with van der Waals surface area (Å²) in [6, 6.07) is 5.37. The van der Waals surface area contributed by atoms with Gasteiger partial charge in [0.25, 0.3) is 0 Å². The summed E-state index contributed by atoms with van der Waals surface area (Å²) in [6.07, 6.45) is -5.43. The van der Waals surface area contributed by atoms with Gasteiger partial charge in [0.05, 0.1) is 6.07 Å². The van der Waals surface area contributed by atoms with Crippen molar-refractivity contribution >= 4 is 17.7 Å². The van der Waals surface area contributed by atoms with E-state index in [4.69, 9.17) is 4.42 Å². The first-order valence-electron chi connectivity index (χ1n) is 7.76. The smallest absolute Gasteiger partial charge is 0.404 e. The fourth-order valence-corrected chi connectivity index (χ4v) is 2.97. The summed E-state index contributed by atoms with van der Waals surface area (Å²) in [6.45, 7) is 0. The third-order valence-electron chi connectivity index (χ3n) is 4.25. The van der Waals surface area contributed by atoms with E-state index in [1.54, 1.807) is 0 Å². The monoisotopic (exact) mass is 399 g/mol. The molecule has 9 nitrogen and oxygen atoms in total. The van der Waals surface area contributed by atoms with Crippen LogP contribution in [-0.4, -0.2) is 33.7 Å². The molecule has 12 heteroatoms. The van der Waals surface area contributed by atoms with Gasteiger partial charge in [-0.15, -0.1) is 0 Å². The van der Waals surface area contributed by atoms with Crippen LogP contribution in [0.2, 0.25) is 0 Å². The van der Waals surface area contributed by atoms with Crippen molar-refractivity contribution < 1.29 is 37.2 Å². The number of ketones is 1. The van der Waals surface area contributed by atoms with Crippen molar-refractivity contribution in [2.24, 2.45) is 5.92 Å². The average molecular weight is 399 g/mol. The minimum Gasteiger partial charge on any atom is -0.404 e. The highest BCUT2D eigenvalue weighted by atomic mass is 19.4. The molecule has 28 heavy (non-hydrogen) atoms. The number of carbonyl (C=O) groups is 2. The largest absolute Gasteiger partial charge is 0.437 e. The van der Waals surface area contributed by atoms with E-state index in [1.807, 2.05) is 0 Å². The van der Waals surface area contributed by atoms with Gasteiger partial charge in [-0.25, -0.2) is 4.79 Å². The lowest BCUT2D eigenvalue weighted by molar-refractivity contribution is -0.402. The van der Waals surface area contributed by atoms with Crippen molar-refractivity contribution in [2.75, 3.05) is 0 Å². The number of benzene rings is 1. The average Bonchev–Trinajstić information content (AvgIpc) is 3.11. The molecule has 0 bridgehead atoms. The lowest BCUT2D eigenvalue weighted by Gasteiger charge is -2.44. The lowest BCUT2D eigenvalue weighted by atomic mass is 9.79. The number of nitrogens with one attached hydrogen (secondary N) is 2. The van der Waals surface area contributed by atoms with Gasteiger partial charge < -0.3 is 20.2 Å². The van der Waals surface area contributed by atoms with Crippen molar-refractivity contribution in [3.63, 3.8) is 0 Å². The maximum Gasteiger partial charge on any atom is 0.437 e. The molecule has 1 aliphatic rings. The summed E-state index contributed by atoms with van der Waals surface area (Å²) in [5.41, 5.74) is -4.10. The van der Waals surface area contributed by atoms with Crippen molar-refractivity contribution in [3.8, 4) is 0 Å². The van der Waals surface area contributed by atoms with Crippen LogP contribution in [-0.2, 0) is 0 Å². The number of urea groups is 1. The zero-order valence-corrected chi connectivity index (χ0v) is 13.8. The Morgan fingerprint density at radius 2 is 1.86 bits per heavy atom. The van der Waals surface area contributed by atoms with Crippen LogP contribution in [0.15, 0.2) is 46.9 Å². The number of furan rings is 1. The number of amides is 2. The van der Waals surface area contributed by atoms with Gasteiger partial charge in [-0.2, -0.15) is 13.2 Å². The second-order valence-electron chi connectivity index (χ2n) is 5.98. The van der Waals surface area contributed by atoms with Crippen LogP contribution < -0.4 is 10.6 Å². The predicted molar refractivity (Wildman–Crippen MR) is 85.0 cm³/mol. The molecule has 0 spiro atoms. The van der Waals surface area contributed by atoms with Crippen LogP contribution in [0, 0.1) is 16.0 Å². The Bertz CT molecular complexity index is 929. The van der Waals surface area contributed by atoms with Gasteiger partial charge in [-0.1, -0.05) is 30.3 Å². The summed E-state index contributed by atoms with van der Waals surface area (Å²) in [4.78, 5) is 34.5. The van der Waals surface area contributed by atoms with Crippen molar-refractivity contribution in [2.45, 2.75) is 17.9 Å². The molecule has 0 unspecified atom stereocenters. The van der Waals surface area contributed by atoms with Gasteiger partial charge in [0.1, 0.15) is 22.6 Å². The van der Waals surface area contributed by atoms with Crippen LogP contribution >= 0.6 is 0 Å². The SMILES string of the molecule is O=C1N[C@@H](c2ccc([N+](=O)[O-])o2)[C@H](C(=O)c2ccccc2)[C@](O)(C(F)(F)F)N1. The number of nitro groups is 1. The first-order valence-corrected chi connectivity index (χ1v) is 7.76. The molecule has 0 aliphatic carbocycles. The third kappa shape index (κ3) is 3.17. The number of hydrogen-bond donors (Lipinski definition) is 3. The second kappa shape index (κ2) is 6.64. The highest BCUT2D eigenvalue weighted by Crippen LogP contribution is 2.44. The zero-order valence-electron chi connectivity index (χ0n) is 13.8. The van der Waals surface area contributed by atoms with Gasteiger partial charge in [0, 0.05) is 5.56 Å². The minimum atomic E-state index is -5.43. The Labute approximate surface area is 154 Å². The molecule has 1 aromatic carbocycles. The summed E-state index contributed by atoms with van der Waals surface area (Å²) >= 11 is 0. The molecule has 3 N–H and O–H groups in total. The van der Waals surface area contributed by atoms with Gasteiger partial charge in [0.2, 0.25) is 5.72 Å². The van der Waals surface area contributed by atoms with Crippen LogP contribution in [0.1, 0.15) is 22.2 Å². The van der Waals surface area contributed by atoms with Crippen LogP contribution in [0.25, 0.3) is 0 Å². The van der Waals surface area contributed by atoms with E-state index < -0.39 is 52.2 Å². The second-order valence-corrected chi connectivity index (χ2v) is 5.98. The lowest BCUT2D eigenvalue weighted by Crippen LogP contribution is -2.72. The van der Waals surface area contributed by atoms with Crippen LogP contribution in [0.3, 0.4) is 0 Å². The predicted octanol–water partition coefficient (Wildman–Crippen LogP) is 2.29. The highest BCUT2D eigenvalue weighted by molar-refractivity contribution is 6.00. The topological polar surface area (TPSA) is 135 Å². The van der Waals surface area contributed by atoms with E-state index in [1.165, 1.54) is 35.6 Å². The molecule has 148 valence electrons. The first kappa shape index (κ1) is 19.4. The Kier molecular flexibility index (Phi) is 4.59. The molecule has 1 aromatic heterocycles. The number of aliphatic hydroxyl groups is 1. The third-order valence-corrected chi connectivity index (χ3v) is 4.25. The minimum absolute atomic E-state index is 0.167. The molecule has 1 aliphatic heterocycles. The van der Waals surface area contributed by atoms with E-state index in [-0.39, 0.29) is 5.56 Å². The maximum absolute atomic E-state index is 13.7. The molecule has 0 radical (unpaired) electrons. The van der Waals surface area contributed by atoms with E-state index in [0.717, 1.165) is 12.1 Å². The van der Waals surface area contributed by atoms with E-state index >= 15 is 0 Å². The Balaban J connectivity index is 2.15. The van der Waals surface area contributed by atoms with E-state index in [2.05, 4.69) is 5.32 Å².